The first kappa shape index (κ1) is 25.9. The number of nitrogens with one attached hydrogen (secondary N) is 1. The molecule has 7 nitrogen and oxygen atoms in total. The standard InChI is InChI=1S/C27H27F3N6O/c1-18(19(2)32-16-15-20-10-4-3-5-11-20)9-8-12-21(31)17-37-25-23-14-7-6-13-22(23)24-33-34-26(27(28,29)30)36(24)35-25/h3-14,19,32H,1,15-17,31H2,2H3/b9-8-,21-12-. The highest BCUT2D eigenvalue weighted by Gasteiger charge is 2.38. The molecule has 0 radical (unpaired) electrons. The predicted octanol–water partition coefficient (Wildman–Crippen LogP) is 4.85. The fourth-order valence-corrected chi connectivity index (χ4v) is 3.68. The minimum Gasteiger partial charge on any atom is -0.470 e. The molecule has 2 aromatic heterocycles. The number of hydrogen-bond acceptors (Lipinski definition) is 6. The number of allylic oxidation sites excluding steroid dienone is 2. The Morgan fingerprint density at radius 3 is 2.54 bits per heavy atom. The largest absolute Gasteiger partial charge is 0.470 e. The van der Waals surface area contributed by atoms with Gasteiger partial charge in [-0.15, -0.1) is 15.3 Å². The number of ether oxygens (including phenoxy) is 1. The van der Waals surface area contributed by atoms with Crippen molar-refractivity contribution in [3.8, 4) is 5.88 Å². The van der Waals surface area contributed by atoms with Crippen molar-refractivity contribution in [2.24, 2.45) is 5.73 Å². The summed E-state index contributed by atoms with van der Waals surface area (Å²) in [7, 11) is 0. The highest BCUT2D eigenvalue weighted by atomic mass is 19.4. The zero-order chi connectivity index (χ0) is 26.4. The molecule has 1 unspecified atom stereocenters. The molecule has 0 fully saturated rings. The second-order valence-corrected chi connectivity index (χ2v) is 8.48. The van der Waals surface area contributed by atoms with E-state index in [-0.39, 0.29) is 24.2 Å². The Balaban J connectivity index is 1.39. The number of fused-ring (bicyclic) bond motifs is 3. The smallest absolute Gasteiger partial charge is 0.453 e. The minimum absolute atomic E-state index is 0.00521. The predicted molar refractivity (Wildman–Crippen MR) is 137 cm³/mol. The quantitative estimate of drug-likeness (QED) is 0.298. The lowest BCUT2D eigenvalue weighted by molar-refractivity contribution is -0.146. The van der Waals surface area contributed by atoms with E-state index in [1.807, 2.05) is 31.2 Å². The Hall–Kier alpha value is -4.18. The first-order valence-corrected chi connectivity index (χ1v) is 11.7. The van der Waals surface area contributed by atoms with Gasteiger partial charge in [-0.3, -0.25) is 0 Å². The van der Waals surface area contributed by atoms with Gasteiger partial charge < -0.3 is 15.8 Å². The molecule has 0 aliphatic rings. The normalized spacial score (nSPS) is 13.5. The molecular weight excluding hydrogens is 481 g/mol. The SMILES string of the molecule is C=C(/C=C\C=C(/N)COc1nn2c(C(F)(F)F)nnc2c2ccccc12)C(C)NCCc1ccccc1. The lowest BCUT2D eigenvalue weighted by Gasteiger charge is -2.14. The number of hydrogen-bond donors (Lipinski definition) is 2. The highest BCUT2D eigenvalue weighted by molar-refractivity contribution is 5.96. The summed E-state index contributed by atoms with van der Waals surface area (Å²) in [5.41, 5.74) is 8.56. The van der Waals surface area contributed by atoms with Crippen LogP contribution in [-0.4, -0.2) is 39.0 Å². The molecule has 0 saturated heterocycles. The molecule has 37 heavy (non-hydrogen) atoms. The van der Waals surface area contributed by atoms with Crippen LogP contribution in [-0.2, 0) is 12.6 Å². The van der Waals surface area contributed by atoms with Crippen molar-refractivity contribution in [2.45, 2.75) is 25.6 Å². The van der Waals surface area contributed by atoms with Crippen LogP contribution in [0.15, 0.2) is 90.7 Å². The maximum atomic E-state index is 13.4. The maximum absolute atomic E-state index is 13.4. The van der Waals surface area contributed by atoms with Crippen molar-refractivity contribution in [1.82, 2.24) is 25.1 Å². The van der Waals surface area contributed by atoms with Gasteiger partial charge in [-0.2, -0.15) is 17.7 Å². The van der Waals surface area contributed by atoms with E-state index < -0.39 is 12.0 Å². The lowest BCUT2D eigenvalue weighted by Crippen LogP contribution is -2.29. The molecule has 0 spiro atoms. The van der Waals surface area contributed by atoms with Gasteiger partial charge in [-0.25, -0.2) is 0 Å². The van der Waals surface area contributed by atoms with Crippen LogP contribution in [0.1, 0.15) is 18.3 Å². The van der Waals surface area contributed by atoms with Gasteiger partial charge in [-0.05, 0) is 43.2 Å². The monoisotopic (exact) mass is 508 g/mol. The van der Waals surface area contributed by atoms with Crippen molar-refractivity contribution < 1.29 is 17.9 Å². The van der Waals surface area contributed by atoms with Crippen molar-refractivity contribution >= 4 is 16.4 Å². The van der Waals surface area contributed by atoms with Gasteiger partial charge in [0.2, 0.25) is 5.88 Å². The number of aromatic nitrogens is 4. The molecule has 1 atom stereocenters. The topological polar surface area (TPSA) is 90.4 Å². The minimum atomic E-state index is -4.72. The summed E-state index contributed by atoms with van der Waals surface area (Å²) in [6.07, 6.45) is 1.46. The van der Waals surface area contributed by atoms with E-state index in [0.717, 1.165) is 18.5 Å². The maximum Gasteiger partial charge on any atom is 0.453 e. The van der Waals surface area contributed by atoms with Crippen LogP contribution < -0.4 is 15.8 Å². The van der Waals surface area contributed by atoms with Gasteiger partial charge in [0.1, 0.15) is 6.61 Å². The van der Waals surface area contributed by atoms with E-state index in [2.05, 4.69) is 39.3 Å². The van der Waals surface area contributed by atoms with Gasteiger partial charge >= 0.3 is 6.18 Å². The summed E-state index contributed by atoms with van der Waals surface area (Å²) in [5, 5.41) is 15.3. The summed E-state index contributed by atoms with van der Waals surface area (Å²) in [6.45, 7) is 6.86. The number of nitrogens with zero attached hydrogens (tertiary/aromatic N) is 4. The molecule has 0 bridgehead atoms. The molecular formula is C27H27F3N6O. The Morgan fingerprint density at radius 2 is 1.81 bits per heavy atom. The van der Waals surface area contributed by atoms with Crippen LogP contribution >= 0.6 is 0 Å². The molecule has 2 aromatic carbocycles. The summed E-state index contributed by atoms with van der Waals surface area (Å²) >= 11 is 0. The van der Waals surface area contributed by atoms with Crippen molar-refractivity contribution in [3.05, 3.63) is 102 Å². The molecule has 192 valence electrons. The molecule has 0 amide bonds. The van der Waals surface area contributed by atoms with E-state index in [0.29, 0.717) is 21.0 Å². The number of alkyl halides is 3. The fourth-order valence-electron chi connectivity index (χ4n) is 3.68. The Kier molecular flexibility index (Phi) is 7.88. The number of rotatable bonds is 10. The van der Waals surface area contributed by atoms with Crippen LogP contribution in [0.25, 0.3) is 16.4 Å². The molecule has 0 aliphatic heterocycles. The zero-order valence-electron chi connectivity index (χ0n) is 20.2. The highest BCUT2D eigenvalue weighted by Crippen LogP contribution is 2.32. The fraction of sp³-hybridized carbons (Fsp3) is 0.222. The van der Waals surface area contributed by atoms with E-state index in [1.54, 1.807) is 36.4 Å². The number of benzene rings is 2. The van der Waals surface area contributed by atoms with E-state index >= 15 is 0 Å². The molecule has 2 heterocycles. The van der Waals surface area contributed by atoms with Gasteiger partial charge in [0.05, 0.1) is 0 Å². The lowest BCUT2D eigenvalue weighted by atomic mass is 10.1. The van der Waals surface area contributed by atoms with Crippen LogP contribution in [0.4, 0.5) is 13.2 Å². The second-order valence-electron chi connectivity index (χ2n) is 8.48. The third kappa shape index (κ3) is 6.34. The van der Waals surface area contributed by atoms with Gasteiger partial charge in [0.15, 0.2) is 5.65 Å². The van der Waals surface area contributed by atoms with Gasteiger partial charge in [-0.1, -0.05) is 67.3 Å². The average molecular weight is 509 g/mol. The second kappa shape index (κ2) is 11.3. The Morgan fingerprint density at radius 1 is 1.11 bits per heavy atom. The molecule has 4 rings (SSSR count). The Bertz CT molecular complexity index is 1440. The average Bonchev–Trinajstić information content (AvgIpc) is 3.33. The molecule has 0 saturated carbocycles. The van der Waals surface area contributed by atoms with Gasteiger partial charge in [0, 0.05) is 22.5 Å². The third-order valence-corrected chi connectivity index (χ3v) is 5.74. The number of halogens is 3. The summed E-state index contributed by atoms with van der Waals surface area (Å²) in [5.74, 6) is -1.23. The summed E-state index contributed by atoms with van der Waals surface area (Å²) < 4.78 is 46.4. The number of nitrogens with two attached hydrogens (primary N) is 1. The van der Waals surface area contributed by atoms with Crippen LogP contribution in [0.2, 0.25) is 0 Å². The zero-order valence-corrected chi connectivity index (χ0v) is 20.2. The first-order chi connectivity index (χ1) is 17.7. The van der Waals surface area contributed by atoms with Crippen molar-refractivity contribution in [3.63, 3.8) is 0 Å². The molecule has 10 heteroatoms. The summed E-state index contributed by atoms with van der Waals surface area (Å²) in [6, 6.07) is 17.0. The van der Waals surface area contributed by atoms with E-state index in [1.165, 1.54) is 5.56 Å². The van der Waals surface area contributed by atoms with Crippen LogP contribution in [0, 0.1) is 0 Å². The van der Waals surface area contributed by atoms with Gasteiger partial charge in [0.25, 0.3) is 5.82 Å². The summed E-state index contributed by atoms with van der Waals surface area (Å²) in [4.78, 5) is 0. The first-order valence-electron chi connectivity index (χ1n) is 11.7. The van der Waals surface area contributed by atoms with Crippen LogP contribution in [0.5, 0.6) is 5.88 Å². The van der Waals surface area contributed by atoms with E-state index in [9.17, 15) is 13.2 Å². The molecule has 4 aromatic rings. The van der Waals surface area contributed by atoms with Crippen molar-refractivity contribution in [1.29, 1.82) is 0 Å². The molecule has 0 aliphatic carbocycles. The molecule has 3 N–H and O–H groups in total. The van der Waals surface area contributed by atoms with E-state index in [4.69, 9.17) is 10.5 Å². The third-order valence-electron chi connectivity index (χ3n) is 5.74. The Labute approximate surface area is 212 Å². The van der Waals surface area contributed by atoms with Crippen LogP contribution in [0.3, 0.4) is 0 Å². The van der Waals surface area contributed by atoms with Crippen molar-refractivity contribution in [2.75, 3.05) is 13.2 Å².